The van der Waals surface area contributed by atoms with Crippen LogP contribution >= 0.6 is 0 Å². The van der Waals surface area contributed by atoms with Crippen molar-refractivity contribution in [3.63, 3.8) is 0 Å². The highest BCUT2D eigenvalue weighted by atomic mass is 15.1. The molecule has 0 heterocycles. The topological polar surface area (TPSA) is 39.1 Å². The van der Waals surface area contributed by atoms with Crippen molar-refractivity contribution in [1.29, 1.82) is 5.26 Å². The first-order chi connectivity index (χ1) is 8.55. The third-order valence-corrected chi connectivity index (χ3v) is 3.62. The van der Waals surface area contributed by atoms with E-state index < -0.39 is 0 Å². The van der Waals surface area contributed by atoms with E-state index in [0.29, 0.717) is 6.04 Å². The molecular formula is C15H31N3. The molecule has 0 saturated heterocycles. The fourth-order valence-electron chi connectivity index (χ4n) is 2.40. The van der Waals surface area contributed by atoms with Gasteiger partial charge in [-0.3, -0.25) is 5.32 Å². The molecule has 0 aliphatic rings. The van der Waals surface area contributed by atoms with Gasteiger partial charge in [-0.1, -0.05) is 20.8 Å². The average molecular weight is 253 g/mol. The highest BCUT2D eigenvalue weighted by Gasteiger charge is 2.26. The van der Waals surface area contributed by atoms with Gasteiger partial charge in [-0.15, -0.1) is 0 Å². The minimum absolute atomic E-state index is 0.316. The van der Waals surface area contributed by atoms with Gasteiger partial charge in [-0.05, 0) is 59.2 Å². The van der Waals surface area contributed by atoms with E-state index in [9.17, 15) is 5.26 Å². The summed E-state index contributed by atoms with van der Waals surface area (Å²) in [4.78, 5) is 2.50. The Kier molecular flexibility index (Phi) is 9.05. The first kappa shape index (κ1) is 17.4. The summed E-state index contributed by atoms with van der Waals surface area (Å²) in [5.41, 5.74) is -0.316. The molecule has 0 aliphatic heterocycles. The SMILES string of the molecule is CCCN(CCCC(C#N)(CC)NCC)C(C)C. The molecule has 18 heavy (non-hydrogen) atoms. The molecule has 0 aromatic heterocycles. The lowest BCUT2D eigenvalue weighted by atomic mass is 9.91. The van der Waals surface area contributed by atoms with E-state index in [0.717, 1.165) is 38.9 Å². The minimum Gasteiger partial charge on any atom is -0.301 e. The summed E-state index contributed by atoms with van der Waals surface area (Å²) in [6.45, 7) is 14.0. The molecule has 0 aromatic rings. The van der Waals surface area contributed by atoms with Crippen molar-refractivity contribution in [2.75, 3.05) is 19.6 Å². The summed E-state index contributed by atoms with van der Waals surface area (Å²) in [5.74, 6) is 0. The fourth-order valence-corrected chi connectivity index (χ4v) is 2.40. The van der Waals surface area contributed by atoms with Crippen LogP contribution in [0.1, 0.15) is 60.3 Å². The van der Waals surface area contributed by atoms with E-state index in [1.807, 2.05) is 0 Å². The molecule has 0 radical (unpaired) electrons. The van der Waals surface area contributed by atoms with E-state index in [2.05, 4.69) is 50.9 Å². The molecule has 1 unspecified atom stereocenters. The van der Waals surface area contributed by atoms with Crippen LogP contribution in [0.2, 0.25) is 0 Å². The zero-order valence-electron chi connectivity index (χ0n) is 12.9. The Morgan fingerprint density at radius 3 is 2.28 bits per heavy atom. The predicted octanol–water partition coefficient (Wildman–Crippen LogP) is 3.17. The van der Waals surface area contributed by atoms with Crippen LogP contribution in [0, 0.1) is 11.3 Å². The van der Waals surface area contributed by atoms with Crippen LogP contribution < -0.4 is 5.32 Å². The van der Waals surface area contributed by atoms with E-state index >= 15 is 0 Å². The summed E-state index contributed by atoms with van der Waals surface area (Å²) in [7, 11) is 0. The number of nitrogens with zero attached hydrogens (tertiary/aromatic N) is 2. The zero-order chi connectivity index (χ0) is 14.0. The molecule has 0 rings (SSSR count). The van der Waals surface area contributed by atoms with Crippen molar-refractivity contribution in [3.8, 4) is 6.07 Å². The van der Waals surface area contributed by atoms with Gasteiger partial charge in [0.15, 0.2) is 0 Å². The van der Waals surface area contributed by atoms with Gasteiger partial charge in [0.1, 0.15) is 5.54 Å². The van der Waals surface area contributed by atoms with Gasteiger partial charge < -0.3 is 4.90 Å². The molecule has 0 saturated carbocycles. The summed E-state index contributed by atoms with van der Waals surface area (Å²) in [6, 6.07) is 3.07. The Morgan fingerprint density at radius 2 is 1.89 bits per heavy atom. The van der Waals surface area contributed by atoms with E-state index in [-0.39, 0.29) is 5.54 Å². The van der Waals surface area contributed by atoms with Crippen LogP contribution in [0.25, 0.3) is 0 Å². The largest absolute Gasteiger partial charge is 0.301 e. The quantitative estimate of drug-likeness (QED) is 0.650. The van der Waals surface area contributed by atoms with Gasteiger partial charge in [0.05, 0.1) is 6.07 Å². The molecule has 0 spiro atoms. The number of nitrogens with one attached hydrogen (secondary N) is 1. The van der Waals surface area contributed by atoms with E-state index in [1.54, 1.807) is 0 Å². The molecule has 106 valence electrons. The molecular weight excluding hydrogens is 222 g/mol. The van der Waals surface area contributed by atoms with Gasteiger partial charge >= 0.3 is 0 Å². The number of hydrogen-bond donors (Lipinski definition) is 1. The second-order valence-corrected chi connectivity index (χ2v) is 5.31. The Bertz CT molecular complexity index is 245. The summed E-state index contributed by atoms with van der Waals surface area (Å²) < 4.78 is 0. The maximum atomic E-state index is 9.36. The highest BCUT2D eigenvalue weighted by molar-refractivity contribution is 5.06. The van der Waals surface area contributed by atoms with Crippen LogP contribution in [0.15, 0.2) is 0 Å². The van der Waals surface area contributed by atoms with Crippen LogP contribution in [0.3, 0.4) is 0 Å². The second kappa shape index (κ2) is 9.35. The summed E-state index contributed by atoms with van der Waals surface area (Å²) in [5, 5.41) is 12.7. The van der Waals surface area contributed by atoms with Crippen molar-refractivity contribution in [2.24, 2.45) is 0 Å². The Morgan fingerprint density at radius 1 is 1.22 bits per heavy atom. The lowest BCUT2D eigenvalue weighted by molar-refractivity contribution is 0.209. The first-order valence-electron chi connectivity index (χ1n) is 7.45. The standard InChI is InChI=1S/C15H31N3/c1-6-11-18(14(4)5)12-9-10-15(7-2,13-16)17-8-3/h14,17H,6-12H2,1-5H3. The monoisotopic (exact) mass is 253 g/mol. The van der Waals surface area contributed by atoms with Crippen molar-refractivity contribution < 1.29 is 0 Å². The van der Waals surface area contributed by atoms with Crippen LogP contribution in [-0.2, 0) is 0 Å². The van der Waals surface area contributed by atoms with Gasteiger partial charge in [0.2, 0.25) is 0 Å². The number of rotatable bonds is 10. The Labute approximate surface area is 114 Å². The Balaban J connectivity index is 4.24. The maximum Gasteiger partial charge on any atom is 0.106 e. The van der Waals surface area contributed by atoms with Crippen molar-refractivity contribution in [3.05, 3.63) is 0 Å². The zero-order valence-corrected chi connectivity index (χ0v) is 12.9. The minimum atomic E-state index is -0.316. The maximum absolute atomic E-state index is 9.36. The summed E-state index contributed by atoms with van der Waals surface area (Å²) >= 11 is 0. The molecule has 0 amide bonds. The van der Waals surface area contributed by atoms with E-state index in [4.69, 9.17) is 0 Å². The third-order valence-electron chi connectivity index (χ3n) is 3.62. The molecule has 3 nitrogen and oxygen atoms in total. The van der Waals surface area contributed by atoms with Gasteiger partial charge in [0.25, 0.3) is 0 Å². The second-order valence-electron chi connectivity index (χ2n) is 5.31. The third kappa shape index (κ3) is 5.84. The lowest BCUT2D eigenvalue weighted by Gasteiger charge is -2.30. The van der Waals surface area contributed by atoms with Crippen LogP contribution in [-0.4, -0.2) is 36.1 Å². The highest BCUT2D eigenvalue weighted by Crippen LogP contribution is 2.17. The molecule has 0 aliphatic carbocycles. The van der Waals surface area contributed by atoms with E-state index in [1.165, 1.54) is 6.42 Å². The van der Waals surface area contributed by atoms with Crippen molar-refractivity contribution >= 4 is 0 Å². The van der Waals surface area contributed by atoms with Crippen LogP contribution in [0.5, 0.6) is 0 Å². The summed E-state index contributed by atoms with van der Waals surface area (Å²) in [6.07, 6.45) is 4.11. The van der Waals surface area contributed by atoms with Crippen molar-refractivity contribution in [2.45, 2.75) is 71.9 Å². The molecule has 0 aromatic carbocycles. The van der Waals surface area contributed by atoms with Crippen LogP contribution in [0.4, 0.5) is 0 Å². The van der Waals surface area contributed by atoms with Crippen molar-refractivity contribution in [1.82, 2.24) is 10.2 Å². The molecule has 0 bridgehead atoms. The predicted molar refractivity (Wildman–Crippen MR) is 78.5 cm³/mol. The average Bonchev–Trinajstić information content (AvgIpc) is 2.36. The molecule has 3 heteroatoms. The molecule has 1 atom stereocenters. The smallest absolute Gasteiger partial charge is 0.106 e. The number of hydrogen-bond acceptors (Lipinski definition) is 3. The van der Waals surface area contributed by atoms with Gasteiger partial charge in [-0.2, -0.15) is 5.26 Å². The molecule has 0 fully saturated rings. The fraction of sp³-hybridized carbons (Fsp3) is 0.933. The Hall–Kier alpha value is -0.590. The van der Waals surface area contributed by atoms with Gasteiger partial charge in [0, 0.05) is 6.04 Å². The number of nitriles is 1. The molecule has 1 N–H and O–H groups in total. The lowest BCUT2D eigenvalue weighted by Crippen LogP contribution is -2.44. The first-order valence-corrected chi connectivity index (χ1v) is 7.45. The normalized spacial score (nSPS) is 14.8. The van der Waals surface area contributed by atoms with Gasteiger partial charge in [-0.25, -0.2) is 0 Å².